The lowest BCUT2D eigenvalue weighted by molar-refractivity contribution is -0.139. The number of halogens is 2. The largest absolute Gasteiger partial charge is 0.494 e. The van der Waals surface area contributed by atoms with E-state index in [2.05, 4.69) is 37.2 Å². The SMILES string of the molecule is CCOc1ccc(N(CC(=O)N(Cc2cccc(Br)c2)C(C)C(=O)NC(C)CC)S(=O)(=O)c2ccc(Br)cc2)cc1. The van der Waals surface area contributed by atoms with E-state index in [-0.39, 0.29) is 23.4 Å². The molecule has 220 valence electrons. The van der Waals surface area contributed by atoms with Gasteiger partial charge in [-0.2, -0.15) is 0 Å². The van der Waals surface area contributed by atoms with Gasteiger partial charge < -0.3 is 15.0 Å². The monoisotopic (exact) mass is 707 g/mol. The Morgan fingerprint density at radius 1 is 0.927 bits per heavy atom. The third-order valence-corrected chi connectivity index (χ3v) is 9.34. The summed E-state index contributed by atoms with van der Waals surface area (Å²) in [5, 5.41) is 2.93. The molecule has 0 aliphatic rings. The smallest absolute Gasteiger partial charge is 0.264 e. The predicted molar refractivity (Wildman–Crippen MR) is 168 cm³/mol. The summed E-state index contributed by atoms with van der Waals surface area (Å²) in [6.45, 7) is 7.42. The normalized spacial score (nSPS) is 12.7. The maximum absolute atomic E-state index is 14.0. The standard InChI is InChI=1S/C30H35Br2N3O5S/c1-5-21(3)33-30(37)22(4)34(19-23-8-7-9-25(32)18-23)29(36)20-35(26-12-14-27(15-13-26)40-6-2)41(38,39)28-16-10-24(31)11-17-28/h7-18,21-22H,5-6,19-20H2,1-4H3,(H,33,37). The highest BCUT2D eigenvalue weighted by Gasteiger charge is 2.33. The molecular formula is C30H35Br2N3O5S. The molecule has 0 aromatic heterocycles. The van der Waals surface area contributed by atoms with Crippen LogP contribution in [0.4, 0.5) is 5.69 Å². The maximum Gasteiger partial charge on any atom is 0.264 e. The van der Waals surface area contributed by atoms with E-state index in [9.17, 15) is 18.0 Å². The second-order valence-corrected chi connectivity index (χ2v) is 13.2. The minimum atomic E-state index is -4.16. The topological polar surface area (TPSA) is 96.0 Å². The molecule has 8 nitrogen and oxygen atoms in total. The summed E-state index contributed by atoms with van der Waals surface area (Å²) in [6, 6.07) is 19.2. The van der Waals surface area contributed by atoms with E-state index in [0.717, 1.165) is 25.2 Å². The average Bonchev–Trinajstić information content (AvgIpc) is 2.95. The van der Waals surface area contributed by atoms with E-state index in [0.29, 0.717) is 18.0 Å². The number of carbonyl (C=O) groups is 2. The first-order chi connectivity index (χ1) is 19.5. The number of amides is 2. The van der Waals surface area contributed by atoms with Gasteiger partial charge in [0.25, 0.3) is 10.0 Å². The van der Waals surface area contributed by atoms with Gasteiger partial charge in [-0.25, -0.2) is 8.42 Å². The maximum atomic E-state index is 14.0. The van der Waals surface area contributed by atoms with Crippen LogP contribution < -0.4 is 14.4 Å². The summed E-state index contributed by atoms with van der Waals surface area (Å²) >= 11 is 6.80. The van der Waals surface area contributed by atoms with E-state index < -0.39 is 28.5 Å². The van der Waals surface area contributed by atoms with Gasteiger partial charge in [0, 0.05) is 21.5 Å². The van der Waals surface area contributed by atoms with Crippen LogP contribution in [0.2, 0.25) is 0 Å². The van der Waals surface area contributed by atoms with Crippen LogP contribution in [0.15, 0.2) is 86.6 Å². The summed E-state index contributed by atoms with van der Waals surface area (Å²) in [5.74, 6) is -0.257. The van der Waals surface area contributed by atoms with Crippen molar-refractivity contribution in [2.75, 3.05) is 17.5 Å². The molecule has 2 amide bonds. The first-order valence-corrected chi connectivity index (χ1v) is 16.3. The predicted octanol–water partition coefficient (Wildman–Crippen LogP) is 6.14. The van der Waals surface area contributed by atoms with Crippen LogP contribution >= 0.6 is 31.9 Å². The molecule has 0 aliphatic heterocycles. The summed E-state index contributed by atoms with van der Waals surface area (Å²) in [7, 11) is -4.16. The third kappa shape index (κ3) is 8.80. The molecule has 0 aliphatic carbocycles. The van der Waals surface area contributed by atoms with Gasteiger partial charge >= 0.3 is 0 Å². The highest BCUT2D eigenvalue weighted by Crippen LogP contribution is 2.27. The molecule has 3 aromatic carbocycles. The van der Waals surface area contributed by atoms with Crippen LogP contribution in [0.25, 0.3) is 0 Å². The molecule has 0 bridgehead atoms. The Hall–Kier alpha value is -2.89. The van der Waals surface area contributed by atoms with Crippen molar-refractivity contribution >= 4 is 59.4 Å². The Labute approximate surface area is 259 Å². The Bertz CT molecular complexity index is 1430. The number of nitrogens with zero attached hydrogens (tertiary/aromatic N) is 2. The number of hydrogen-bond acceptors (Lipinski definition) is 5. The number of sulfonamides is 1. The van der Waals surface area contributed by atoms with Crippen LogP contribution in [0.3, 0.4) is 0 Å². The van der Waals surface area contributed by atoms with E-state index in [1.807, 2.05) is 45.0 Å². The zero-order chi connectivity index (χ0) is 30.2. The van der Waals surface area contributed by atoms with Crippen molar-refractivity contribution in [3.63, 3.8) is 0 Å². The van der Waals surface area contributed by atoms with E-state index in [1.165, 1.54) is 17.0 Å². The van der Waals surface area contributed by atoms with Gasteiger partial charge in [-0.3, -0.25) is 13.9 Å². The van der Waals surface area contributed by atoms with Crippen molar-refractivity contribution in [2.24, 2.45) is 0 Å². The van der Waals surface area contributed by atoms with E-state index in [1.54, 1.807) is 43.3 Å². The van der Waals surface area contributed by atoms with Crippen molar-refractivity contribution in [3.05, 3.63) is 87.3 Å². The Kier molecular flexibility index (Phi) is 11.8. The number of ether oxygens (including phenoxy) is 1. The Morgan fingerprint density at radius 2 is 1.59 bits per heavy atom. The minimum absolute atomic E-state index is 0.0310. The molecule has 0 fully saturated rings. The van der Waals surface area contributed by atoms with Crippen molar-refractivity contribution in [3.8, 4) is 5.75 Å². The van der Waals surface area contributed by atoms with Gasteiger partial charge in [0.1, 0.15) is 18.3 Å². The lowest BCUT2D eigenvalue weighted by Gasteiger charge is -2.32. The molecule has 0 saturated heterocycles. The molecular weight excluding hydrogens is 674 g/mol. The summed E-state index contributed by atoms with van der Waals surface area (Å²) in [5.41, 5.74) is 1.09. The molecule has 0 spiro atoms. The van der Waals surface area contributed by atoms with Gasteiger partial charge in [-0.1, -0.05) is 50.9 Å². The third-order valence-electron chi connectivity index (χ3n) is 6.53. The number of nitrogens with one attached hydrogen (secondary N) is 1. The fourth-order valence-electron chi connectivity index (χ4n) is 4.02. The molecule has 0 heterocycles. The van der Waals surface area contributed by atoms with Crippen molar-refractivity contribution < 1.29 is 22.7 Å². The Balaban J connectivity index is 2.03. The molecule has 0 saturated carbocycles. The lowest BCUT2D eigenvalue weighted by atomic mass is 10.1. The fraction of sp³-hybridized carbons (Fsp3) is 0.333. The summed E-state index contributed by atoms with van der Waals surface area (Å²) in [4.78, 5) is 28.6. The molecule has 3 aromatic rings. The van der Waals surface area contributed by atoms with Gasteiger partial charge in [0.05, 0.1) is 17.2 Å². The number of carbonyl (C=O) groups excluding carboxylic acids is 2. The molecule has 0 radical (unpaired) electrons. The lowest BCUT2D eigenvalue weighted by Crippen LogP contribution is -2.52. The minimum Gasteiger partial charge on any atom is -0.494 e. The molecule has 2 atom stereocenters. The fourth-order valence-corrected chi connectivity index (χ4v) is 6.14. The summed E-state index contributed by atoms with van der Waals surface area (Å²) < 4.78 is 36.0. The van der Waals surface area contributed by atoms with Gasteiger partial charge in [0.2, 0.25) is 11.8 Å². The number of anilines is 1. The van der Waals surface area contributed by atoms with Crippen LogP contribution in [0.1, 0.15) is 39.7 Å². The van der Waals surface area contributed by atoms with Gasteiger partial charge in [-0.05, 0) is 93.4 Å². The molecule has 11 heteroatoms. The molecule has 41 heavy (non-hydrogen) atoms. The summed E-state index contributed by atoms with van der Waals surface area (Å²) in [6.07, 6.45) is 0.731. The second kappa shape index (κ2) is 14.8. The first kappa shape index (κ1) is 32.6. The average molecular weight is 710 g/mol. The zero-order valence-corrected chi connectivity index (χ0v) is 27.5. The van der Waals surface area contributed by atoms with Crippen LogP contribution in [0.5, 0.6) is 5.75 Å². The van der Waals surface area contributed by atoms with Crippen LogP contribution in [-0.4, -0.2) is 50.4 Å². The van der Waals surface area contributed by atoms with Crippen LogP contribution in [0, 0.1) is 0 Å². The quantitative estimate of drug-likeness (QED) is 0.230. The first-order valence-electron chi connectivity index (χ1n) is 13.3. The van der Waals surface area contributed by atoms with Crippen molar-refractivity contribution in [1.82, 2.24) is 10.2 Å². The van der Waals surface area contributed by atoms with Crippen molar-refractivity contribution in [2.45, 2.75) is 57.6 Å². The molecule has 1 N–H and O–H groups in total. The Morgan fingerprint density at radius 3 is 2.17 bits per heavy atom. The number of rotatable bonds is 13. The second-order valence-electron chi connectivity index (χ2n) is 9.54. The van der Waals surface area contributed by atoms with E-state index >= 15 is 0 Å². The zero-order valence-electron chi connectivity index (χ0n) is 23.5. The highest BCUT2D eigenvalue weighted by molar-refractivity contribution is 9.10. The van der Waals surface area contributed by atoms with Crippen LogP contribution in [-0.2, 0) is 26.2 Å². The van der Waals surface area contributed by atoms with E-state index in [4.69, 9.17) is 4.74 Å². The van der Waals surface area contributed by atoms with Gasteiger partial charge in [-0.15, -0.1) is 0 Å². The number of benzene rings is 3. The molecule has 3 rings (SSSR count). The molecule has 2 unspecified atom stereocenters. The van der Waals surface area contributed by atoms with Crippen molar-refractivity contribution in [1.29, 1.82) is 0 Å². The number of hydrogen-bond donors (Lipinski definition) is 1. The highest BCUT2D eigenvalue weighted by atomic mass is 79.9. The van der Waals surface area contributed by atoms with Gasteiger partial charge in [0.15, 0.2) is 0 Å².